The van der Waals surface area contributed by atoms with Gasteiger partial charge >= 0.3 is 0 Å². The number of aryl methyl sites for hydroxylation is 2. The molecule has 152 valence electrons. The molecule has 2 aromatic heterocycles. The van der Waals surface area contributed by atoms with E-state index in [1.54, 1.807) is 13.0 Å². The molecular weight excluding hydrogens is 378 g/mol. The fourth-order valence-corrected chi connectivity index (χ4v) is 3.39. The smallest absolute Gasteiger partial charge is 0.293 e. The van der Waals surface area contributed by atoms with E-state index in [0.717, 1.165) is 18.4 Å². The van der Waals surface area contributed by atoms with Crippen molar-refractivity contribution in [2.45, 2.75) is 26.3 Å². The minimum absolute atomic E-state index is 0.118. The molecule has 0 unspecified atom stereocenters. The van der Waals surface area contributed by atoms with Crippen LogP contribution in [0.2, 0.25) is 0 Å². The first-order chi connectivity index (χ1) is 14.6. The Hall–Kier alpha value is -3.74. The summed E-state index contributed by atoms with van der Waals surface area (Å²) in [6, 6.07) is 21.5. The predicted octanol–water partition coefficient (Wildman–Crippen LogP) is 2.62. The first-order valence-electron chi connectivity index (χ1n) is 9.95. The molecule has 1 N–H and O–H groups in total. The summed E-state index contributed by atoms with van der Waals surface area (Å²) in [6.07, 6.45) is 1.72. The van der Waals surface area contributed by atoms with Gasteiger partial charge in [-0.25, -0.2) is 9.20 Å². The zero-order chi connectivity index (χ0) is 20.9. The molecule has 0 spiro atoms. The molecule has 2 heterocycles. The molecule has 0 bridgehead atoms. The monoisotopic (exact) mass is 401 g/mol. The van der Waals surface area contributed by atoms with E-state index in [1.165, 1.54) is 14.8 Å². The van der Waals surface area contributed by atoms with Gasteiger partial charge in [0.1, 0.15) is 17.9 Å². The van der Waals surface area contributed by atoms with Gasteiger partial charge in [0.15, 0.2) is 0 Å². The van der Waals surface area contributed by atoms with E-state index >= 15 is 0 Å². The highest BCUT2D eigenvalue weighted by Gasteiger charge is 2.14. The summed E-state index contributed by atoms with van der Waals surface area (Å²) in [5, 5.41) is 11.6. The Kier molecular flexibility index (Phi) is 5.70. The Morgan fingerprint density at radius 1 is 1.00 bits per heavy atom. The quantitative estimate of drug-likeness (QED) is 0.483. The number of carbonyl (C=O) groups excluding carboxylic acids is 1. The lowest BCUT2D eigenvalue weighted by atomic mass is 10.1. The van der Waals surface area contributed by atoms with Crippen LogP contribution in [0.3, 0.4) is 0 Å². The van der Waals surface area contributed by atoms with Crippen molar-refractivity contribution in [3.63, 3.8) is 0 Å². The molecule has 7 heteroatoms. The van der Waals surface area contributed by atoms with E-state index in [1.807, 2.05) is 48.5 Å². The van der Waals surface area contributed by atoms with E-state index in [9.17, 15) is 9.59 Å². The lowest BCUT2D eigenvalue weighted by Gasteiger charge is -2.08. The van der Waals surface area contributed by atoms with E-state index in [-0.39, 0.29) is 18.0 Å². The van der Waals surface area contributed by atoms with Crippen molar-refractivity contribution in [2.24, 2.45) is 0 Å². The maximum atomic E-state index is 12.8. The van der Waals surface area contributed by atoms with Crippen molar-refractivity contribution in [3.05, 3.63) is 88.5 Å². The number of hydrogen-bond donors (Lipinski definition) is 1. The summed E-state index contributed by atoms with van der Waals surface area (Å²) in [5.41, 5.74) is 2.91. The number of aromatic nitrogens is 4. The molecule has 1 amide bonds. The molecule has 0 aliphatic heterocycles. The predicted molar refractivity (Wildman–Crippen MR) is 115 cm³/mol. The number of nitrogens with zero attached hydrogens (tertiary/aromatic N) is 4. The first kappa shape index (κ1) is 19.6. The van der Waals surface area contributed by atoms with Crippen LogP contribution in [0.5, 0.6) is 0 Å². The standard InChI is InChI=1S/C23H23N5O2/c1-17-25-27(16-22(29)24-14-8-11-18-9-4-2-5-10-18)23(30)21-15-20(26-28(17)21)19-12-6-3-7-13-19/h2-7,9-10,12-13,15H,8,11,14,16H2,1H3,(H,24,29). The Morgan fingerprint density at radius 3 is 2.43 bits per heavy atom. The Balaban J connectivity index is 1.44. The van der Waals surface area contributed by atoms with Crippen LogP contribution in [0.15, 0.2) is 71.5 Å². The van der Waals surface area contributed by atoms with E-state index in [4.69, 9.17) is 0 Å². The summed E-state index contributed by atoms with van der Waals surface area (Å²) in [7, 11) is 0. The van der Waals surface area contributed by atoms with Crippen molar-refractivity contribution in [3.8, 4) is 11.3 Å². The van der Waals surface area contributed by atoms with Crippen LogP contribution in [0.25, 0.3) is 16.8 Å². The summed E-state index contributed by atoms with van der Waals surface area (Å²) in [6.45, 7) is 2.20. The van der Waals surface area contributed by atoms with Crippen molar-refractivity contribution in [1.29, 1.82) is 0 Å². The van der Waals surface area contributed by atoms with Crippen molar-refractivity contribution in [2.75, 3.05) is 6.54 Å². The highest BCUT2D eigenvalue weighted by molar-refractivity contribution is 5.75. The minimum atomic E-state index is -0.338. The summed E-state index contributed by atoms with van der Waals surface area (Å²) in [5.74, 6) is 0.313. The maximum Gasteiger partial charge on any atom is 0.293 e. The topological polar surface area (TPSA) is 81.3 Å². The lowest BCUT2D eigenvalue weighted by Crippen LogP contribution is -2.35. The summed E-state index contributed by atoms with van der Waals surface area (Å²) < 4.78 is 2.73. The van der Waals surface area contributed by atoms with Crippen LogP contribution in [0, 0.1) is 6.92 Å². The van der Waals surface area contributed by atoms with Crippen molar-refractivity contribution < 1.29 is 4.79 Å². The van der Waals surface area contributed by atoms with Crippen LogP contribution in [-0.4, -0.2) is 31.8 Å². The second-order valence-corrected chi connectivity index (χ2v) is 7.14. The van der Waals surface area contributed by atoms with Gasteiger partial charge in [-0.3, -0.25) is 9.59 Å². The van der Waals surface area contributed by atoms with Crippen LogP contribution in [0.1, 0.15) is 17.8 Å². The molecule has 0 radical (unpaired) electrons. The summed E-state index contributed by atoms with van der Waals surface area (Å²) in [4.78, 5) is 25.2. The number of fused-ring (bicyclic) bond motifs is 1. The third kappa shape index (κ3) is 4.30. The van der Waals surface area contributed by atoms with Gasteiger partial charge in [-0.2, -0.15) is 10.2 Å². The molecule has 0 fully saturated rings. The Labute approximate surface area is 174 Å². The molecule has 0 aliphatic rings. The molecule has 0 atom stereocenters. The van der Waals surface area contributed by atoms with E-state index in [0.29, 0.717) is 23.6 Å². The third-order valence-electron chi connectivity index (χ3n) is 4.91. The molecule has 4 aromatic rings. The van der Waals surface area contributed by atoms with E-state index in [2.05, 4.69) is 27.6 Å². The number of rotatable bonds is 7. The number of benzene rings is 2. The molecule has 0 saturated carbocycles. The SMILES string of the molecule is Cc1nn(CC(=O)NCCCc2ccccc2)c(=O)c2cc(-c3ccccc3)nn12. The normalized spacial score (nSPS) is 11.0. The van der Waals surface area contributed by atoms with Gasteiger partial charge in [0.25, 0.3) is 5.56 Å². The molecule has 0 aliphatic carbocycles. The lowest BCUT2D eigenvalue weighted by molar-refractivity contribution is -0.121. The van der Waals surface area contributed by atoms with Crippen molar-refractivity contribution in [1.82, 2.24) is 24.7 Å². The molecule has 7 nitrogen and oxygen atoms in total. The maximum absolute atomic E-state index is 12.8. The zero-order valence-electron chi connectivity index (χ0n) is 16.8. The van der Waals surface area contributed by atoms with Crippen LogP contribution < -0.4 is 10.9 Å². The zero-order valence-corrected chi connectivity index (χ0v) is 16.8. The molecule has 30 heavy (non-hydrogen) atoms. The molecule has 2 aromatic carbocycles. The van der Waals surface area contributed by atoms with Crippen LogP contribution in [-0.2, 0) is 17.8 Å². The average Bonchev–Trinajstić information content (AvgIpc) is 3.23. The van der Waals surface area contributed by atoms with Gasteiger partial charge in [0.05, 0.1) is 5.69 Å². The van der Waals surface area contributed by atoms with Gasteiger partial charge in [-0.05, 0) is 31.4 Å². The Morgan fingerprint density at radius 2 is 1.70 bits per heavy atom. The fraction of sp³-hybridized carbons (Fsp3) is 0.217. The summed E-state index contributed by atoms with van der Waals surface area (Å²) >= 11 is 0. The highest BCUT2D eigenvalue weighted by Crippen LogP contribution is 2.18. The average molecular weight is 401 g/mol. The first-order valence-corrected chi connectivity index (χ1v) is 9.95. The number of amides is 1. The van der Waals surface area contributed by atoms with E-state index < -0.39 is 0 Å². The number of carbonyl (C=O) groups is 1. The largest absolute Gasteiger partial charge is 0.354 e. The van der Waals surface area contributed by atoms with Gasteiger partial charge in [0, 0.05) is 12.1 Å². The van der Waals surface area contributed by atoms with Gasteiger partial charge < -0.3 is 5.32 Å². The van der Waals surface area contributed by atoms with Crippen LogP contribution >= 0.6 is 0 Å². The second-order valence-electron chi connectivity index (χ2n) is 7.14. The number of nitrogens with one attached hydrogen (secondary N) is 1. The third-order valence-corrected chi connectivity index (χ3v) is 4.91. The van der Waals surface area contributed by atoms with Gasteiger partial charge in [0.2, 0.25) is 5.91 Å². The fourth-order valence-electron chi connectivity index (χ4n) is 3.39. The number of hydrogen-bond acceptors (Lipinski definition) is 4. The van der Waals surface area contributed by atoms with Gasteiger partial charge in [-0.1, -0.05) is 60.7 Å². The minimum Gasteiger partial charge on any atom is -0.354 e. The molecule has 0 saturated heterocycles. The molecular formula is C23H23N5O2. The van der Waals surface area contributed by atoms with Crippen molar-refractivity contribution >= 4 is 11.4 Å². The Bertz CT molecular complexity index is 1210. The van der Waals surface area contributed by atoms with Crippen LogP contribution in [0.4, 0.5) is 0 Å². The molecule has 4 rings (SSSR count). The highest BCUT2D eigenvalue weighted by atomic mass is 16.2. The van der Waals surface area contributed by atoms with Gasteiger partial charge in [-0.15, -0.1) is 0 Å². The second kappa shape index (κ2) is 8.73.